The first-order chi connectivity index (χ1) is 18.6. The number of ether oxygens (including phenoxy) is 5. The molecule has 11 heteroatoms. The minimum atomic E-state index is -0.939. The Morgan fingerprint density at radius 3 is 2.31 bits per heavy atom. The van der Waals surface area contributed by atoms with Crippen molar-refractivity contribution < 1.29 is 52.8 Å². The third kappa shape index (κ3) is 10.4. The normalized spacial score (nSPS) is 28.5. The fraction of sp³-hybridized carbons (Fsp3) is 0.821. The molecule has 2 rings (SSSR count). The molecule has 1 saturated heterocycles. The van der Waals surface area contributed by atoms with Crippen LogP contribution in [0.25, 0.3) is 0 Å². The average Bonchev–Trinajstić information content (AvgIpc) is 2.94. The molecule has 7 unspecified atom stereocenters. The number of aliphatic hydroxyl groups is 1. The van der Waals surface area contributed by atoms with Gasteiger partial charge in [0.15, 0.2) is 12.2 Å². The van der Waals surface area contributed by atoms with Gasteiger partial charge in [-0.3, -0.25) is 24.0 Å². The smallest absolute Gasteiger partial charge is 0.306 e. The maximum absolute atomic E-state index is 12.9. The highest BCUT2D eigenvalue weighted by Crippen LogP contribution is 2.47. The second kappa shape index (κ2) is 16.4. The minimum Gasteiger partial charge on any atom is -0.462 e. The molecule has 0 bridgehead atoms. The van der Waals surface area contributed by atoms with Crippen molar-refractivity contribution in [1.82, 2.24) is 0 Å². The molecule has 1 aliphatic carbocycles. The summed E-state index contributed by atoms with van der Waals surface area (Å²) in [5.41, 5.74) is 0. The predicted octanol–water partition coefficient (Wildman–Crippen LogP) is 2.74. The molecule has 222 valence electrons. The highest BCUT2D eigenvalue weighted by molar-refractivity contribution is 5.73. The number of aliphatic hydroxyl groups excluding tert-OH is 1. The van der Waals surface area contributed by atoms with Gasteiger partial charge in [-0.25, -0.2) is 0 Å². The molecule has 0 aromatic carbocycles. The number of fused-ring (bicyclic) bond motifs is 1. The summed E-state index contributed by atoms with van der Waals surface area (Å²) in [6.45, 7) is 6.16. The number of carbonyl (C=O) groups is 5. The molecule has 2 fully saturated rings. The maximum atomic E-state index is 12.9. The number of carbonyl (C=O) groups excluding carboxylic acids is 5. The molecule has 0 radical (unpaired) electrons. The van der Waals surface area contributed by atoms with Crippen LogP contribution in [-0.2, 0) is 47.7 Å². The minimum absolute atomic E-state index is 0.00531. The molecule has 0 aromatic heterocycles. The van der Waals surface area contributed by atoms with E-state index in [1.807, 2.05) is 13.8 Å². The maximum Gasteiger partial charge on any atom is 0.306 e. The molecular weight excluding hydrogens is 512 g/mol. The van der Waals surface area contributed by atoms with Crippen LogP contribution in [0.4, 0.5) is 0 Å². The molecule has 0 spiro atoms. The summed E-state index contributed by atoms with van der Waals surface area (Å²) in [6, 6.07) is 0. The summed E-state index contributed by atoms with van der Waals surface area (Å²) in [6.07, 6.45) is 1.07. The monoisotopic (exact) mass is 556 g/mol. The SMILES string of the molecule is CCC(=O)OCC1COC(=O)CC2C(CC(=O)OCC(CO)OC(=O)CC)C(C)CCC2C(CC)CC(=O)O1. The van der Waals surface area contributed by atoms with Crippen molar-refractivity contribution in [1.29, 1.82) is 0 Å². The Hall–Kier alpha value is -2.69. The molecule has 0 amide bonds. The number of rotatable bonds is 11. The molecule has 39 heavy (non-hydrogen) atoms. The fourth-order valence-electron chi connectivity index (χ4n) is 5.58. The Balaban J connectivity index is 2.16. The Morgan fingerprint density at radius 1 is 0.949 bits per heavy atom. The van der Waals surface area contributed by atoms with E-state index in [-0.39, 0.29) is 81.5 Å². The molecular formula is C28H44O11. The summed E-state index contributed by atoms with van der Waals surface area (Å²) in [4.78, 5) is 61.7. The van der Waals surface area contributed by atoms with E-state index in [1.165, 1.54) is 0 Å². The van der Waals surface area contributed by atoms with Gasteiger partial charge in [-0.1, -0.05) is 40.5 Å². The van der Waals surface area contributed by atoms with Gasteiger partial charge in [0.2, 0.25) is 0 Å². The summed E-state index contributed by atoms with van der Waals surface area (Å²) in [5.74, 6) is -2.72. The summed E-state index contributed by atoms with van der Waals surface area (Å²) in [5, 5.41) is 9.45. The van der Waals surface area contributed by atoms with Crippen LogP contribution in [-0.4, -0.2) is 73.6 Å². The largest absolute Gasteiger partial charge is 0.462 e. The summed E-state index contributed by atoms with van der Waals surface area (Å²) in [7, 11) is 0. The summed E-state index contributed by atoms with van der Waals surface area (Å²) >= 11 is 0. The van der Waals surface area contributed by atoms with Crippen molar-refractivity contribution in [2.75, 3.05) is 26.4 Å². The Kier molecular flexibility index (Phi) is 13.7. The first-order valence-electron chi connectivity index (χ1n) is 14.1. The standard InChI is InChI=1S/C28H44O11/c1-5-18-10-28(34)39-20(15-35-24(30)6-2)16-37-27(33)12-23-21(18)9-8-17(4)22(23)11-26(32)36-14-19(13-29)38-25(31)7-3/h17-23,29H,5-16H2,1-4H3. The van der Waals surface area contributed by atoms with E-state index in [0.29, 0.717) is 6.42 Å². The van der Waals surface area contributed by atoms with E-state index < -0.39 is 48.7 Å². The lowest BCUT2D eigenvalue weighted by molar-refractivity contribution is -0.167. The zero-order chi connectivity index (χ0) is 28.9. The molecule has 1 saturated carbocycles. The van der Waals surface area contributed by atoms with Crippen molar-refractivity contribution in [3.8, 4) is 0 Å². The van der Waals surface area contributed by atoms with E-state index in [4.69, 9.17) is 23.7 Å². The van der Waals surface area contributed by atoms with E-state index >= 15 is 0 Å². The van der Waals surface area contributed by atoms with Crippen LogP contribution in [0.15, 0.2) is 0 Å². The van der Waals surface area contributed by atoms with E-state index in [0.717, 1.165) is 12.8 Å². The van der Waals surface area contributed by atoms with Crippen molar-refractivity contribution in [3.63, 3.8) is 0 Å². The van der Waals surface area contributed by atoms with Gasteiger partial charge in [0, 0.05) is 32.1 Å². The average molecular weight is 557 g/mol. The van der Waals surface area contributed by atoms with Crippen molar-refractivity contribution in [2.24, 2.45) is 29.6 Å². The quantitative estimate of drug-likeness (QED) is 0.295. The van der Waals surface area contributed by atoms with Gasteiger partial charge in [0.25, 0.3) is 0 Å². The molecule has 11 nitrogen and oxygen atoms in total. The van der Waals surface area contributed by atoms with Gasteiger partial charge in [0.05, 0.1) is 6.61 Å². The highest BCUT2D eigenvalue weighted by Gasteiger charge is 2.44. The lowest BCUT2D eigenvalue weighted by Crippen LogP contribution is -2.40. The van der Waals surface area contributed by atoms with Crippen LogP contribution in [0.2, 0.25) is 0 Å². The number of hydrogen-bond acceptors (Lipinski definition) is 11. The zero-order valence-electron chi connectivity index (χ0n) is 23.6. The van der Waals surface area contributed by atoms with E-state index in [2.05, 4.69) is 0 Å². The second-order valence-electron chi connectivity index (χ2n) is 10.5. The third-order valence-corrected chi connectivity index (χ3v) is 7.82. The van der Waals surface area contributed by atoms with Gasteiger partial charge >= 0.3 is 29.8 Å². The van der Waals surface area contributed by atoms with Gasteiger partial charge in [-0.05, 0) is 36.0 Å². The first kappa shape index (κ1) is 32.5. The summed E-state index contributed by atoms with van der Waals surface area (Å²) < 4.78 is 26.5. The molecule has 1 heterocycles. The van der Waals surface area contributed by atoms with Gasteiger partial charge in [0.1, 0.15) is 19.8 Å². The molecule has 1 N–H and O–H groups in total. The van der Waals surface area contributed by atoms with Gasteiger partial charge < -0.3 is 28.8 Å². The van der Waals surface area contributed by atoms with Crippen LogP contribution in [0, 0.1) is 29.6 Å². The van der Waals surface area contributed by atoms with E-state index in [9.17, 15) is 29.1 Å². The molecule has 7 atom stereocenters. The van der Waals surface area contributed by atoms with Crippen molar-refractivity contribution in [3.05, 3.63) is 0 Å². The topological polar surface area (TPSA) is 152 Å². The number of cyclic esters (lactones) is 2. The van der Waals surface area contributed by atoms with Crippen molar-refractivity contribution in [2.45, 2.75) is 91.3 Å². The van der Waals surface area contributed by atoms with Crippen LogP contribution < -0.4 is 0 Å². The predicted molar refractivity (Wildman–Crippen MR) is 137 cm³/mol. The zero-order valence-corrected chi connectivity index (χ0v) is 23.6. The van der Waals surface area contributed by atoms with Crippen LogP contribution in [0.1, 0.15) is 79.1 Å². The van der Waals surface area contributed by atoms with Crippen LogP contribution >= 0.6 is 0 Å². The molecule has 0 aromatic rings. The Bertz CT molecular complexity index is 841. The van der Waals surface area contributed by atoms with Gasteiger partial charge in [-0.2, -0.15) is 0 Å². The fourth-order valence-corrected chi connectivity index (χ4v) is 5.58. The van der Waals surface area contributed by atoms with Crippen LogP contribution in [0.3, 0.4) is 0 Å². The second-order valence-corrected chi connectivity index (χ2v) is 10.5. The third-order valence-electron chi connectivity index (χ3n) is 7.82. The molecule has 2 aliphatic rings. The van der Waals surface area contributed by atoms with E-state index in [1.54, 1.807) is 13.8 Å². The number of hydrogen-bond donors (Lipinski definition) is 1. The highest BCUT2D eigenvalue weighted by atomic mass is 16.6. The van der Waals surface area contributed by atoms with Crippen molar-refractivity contribution >= 4 is 29.8 Å². The van der Waals surface area contributed by atoms with Crippen LogP contribution in [0.5, 0.6) is 0 Å². The molecule has 1 aliphatic heterocycles. The Morgan fingerprint density at radius 2 is 1.67 bits per heavy atom. The number of esters is 5. The lowest BCUT2D eigenvalue weighted by Gasteiger charge is -2.44. The first-order valence-corrected chi connectivity index (χ1v) is 14.1. The Labute approximate surface area is 230 Å². The lowest BCUT2D eigenvalue weighted by atomic mass is 9.60. The van der Waals surface area contributed by atoms with Gasteiger partial charge in [-0.15, -0.1) is 0 Å².